The molecule has 7 heteroatoms. The second-order valence-electron chi connectivity index (χ2n) is 5.80. The van der Waals surface area contributed by atoms with E-state index in [1.807, 2.05) is 4.57 Å². The quantitative estimate of drug-likeness (QED) is 0.927. The third kappa shape index (κ3) is 2.31. The molecule has 2 aromatic rings. The third-order valence-electron chi connectivity index (χ3n) is 4.47. The first-order valence-corrected chi connectivity index (χ1v) is 7.66. The standard InChI is InChI=1S/C15H18N4O3/c20-15(12-7-16-13-9-21-5-4-19(12)13)17-6-11-8-22-18-14(11)10-2-1-3-10/h7-8,10H,1-6,9H2,(H,17,20). The van der Waals surface area contributed by atoms with E-state index in [9.17, 15) is 4.79 Å². The van der Waals surface area contributed by atoms with E-state index in [0.717, 1.165) is 29.9 Å². The van der Waals surface area contributed by atoms with Crippen LogP contribution in [0, 0.1) is 0 Å². The Labute approximate surface area is 127 Å². The van der Waals surface area contributed by atoms with Crippen molar-refractivity contribution < 1.29 is 14.1 Å². The average Bonchev–Trinajstić information content (AvgIpc) is 3.10. The minimum Gasteiger partial charge on any atom is -0.372 e. The molecule has 1 aliphatic carbocycles. The zero-order chi connectivity index (χ0) is 14.9. The number of rotatable bonds is 4. The van der Waals surface area contributed by atoms with Crippen LogP contribution in [-0.4, -0.2) is 27.2 Å². The SMILES string of the molecule is O=C(NCc1conc1C1CCC1)c1cnc2n1CCOC2. The highest BCUT2D eigenvalue weighted by Gasteiger charge is 2.26. The zero-order valence-electron chi connectivity index (χ0n) is 12.2. The molecule has 4 rings (SSSR count). The highest BCUT2D eigenvalue weighted by molar-refractivity contribution is 5.92. The van der Waals surface area contributed by atoms with E-state index in [0.29, 0.717) is 37.9 Å². The summed E-state index contributed by atoms with van der Waals surface area (Å²) in [5.41, 5.74) is 2.55. The van der Waals surface area contributed by atoms with Crippen LogP contribution < -0.4 is 5.32 Å². The summed E-state index contributed by atoms with van der Waals surface area (Å²) in [7, 11) is 0. The van der Waals surface area contributed by atoms with Crippen LogP contribution in [0.5, 0.6) is 0 Å². The van der Waals surface area contributed by atoms with Crippen LogP contribution in [0.15, 0.2) is 17.0 Å². The zero-order valence-corrected chi connectivity index (χ0v) is 12.2. The number of hydrogen-bond donors (Lipinski definition) is 1. The van der Waals surface area contributed by atoms with Gasteiger partial charge in [-0.3, -0.25) is 4.79 Å². The summed E-state index contributed by atoms with van der Waals surface area (Å²) < 4.78 is 12.3. The van der Waals surface area contributed by atoms with E-state index in [2.05, 4.69) is 15.5 Å². The van der Waals surface area contributed by atoms with Crippen molar-refractivity contribution in [2.45, 2.75) is 44.9 Å². The molecule has 1 amide bonds. The predicted octanol–water partition coefficient (Wildman–Crippen LogP) is 1.60. The van der Waals surface area contributed by atoms with Crippen LogP contribution in [0.3, 0.4) is 0 Å². The summed E-state index contributed by atoms with van der Waals surface area (Å²) >= 11 is 0. The molecule has 0 atom stereocenters. The van der Waals surface area contributed by atoms with Crippen molar-refractivity contribution in [3.05, 3.63) is 35.2 Å². The summed E-state index contributed by atoms with van der Waals surface area (Å²) in [6.07, 6.45) is 6.80. The molecule has 1 fully saturated rings. The number of carbonyl (C=O) groups is 1. The molecular formula is C15H18N4O3. The minimum absolute atomic E-state index is 0.124. The van der Waals surface area contributed by atoms with Crippen molar-refractivity contribution in [3.8, 4) is 0 Å². The first kappa shape index (κ1) is 13.5. The van der Waals surface area contributed by atoms with Crippen molar-refractivity contribution >= 4 is 5.91 Å². The highest BCUT2D eigenvalue weighted by Crippen LogP contribution is 2.37. The lowest BCUT2D eigenvalue weighted by Gasteiger charge is -2.23. The van der Waals surface area contributed by atoms with Gasteiger partial charge in [0.25, 0.3) is 5.91 Å². The van der Waals surface area contributed by atoms with Crippen molar-refractivity contribution in [2.24, 2.45) is 0 Å². The molecule has 0 saturated heterocycles. The Morgan fingerprint density at radius 1 is 1.45 bits per heavy atom. The van der Waals surface area contributed by atoms with Gasteiger partial charge in [-0.1, -0.05) is 11.6 Å². The topological polar surface area (TPSA) is 82.2 Å². The molecule has 7 nitrogen and oxygen atoms in total. The van der Waals surface area contributed by atoms with Gasteiger partial charge in [0.2, 0.25) is 0 Å². The van der Waals surface area contributed by atoms with Gasteiger partial charge in [-0.15, -0.1) is 0 Å². The second kappa shape index (κ2) is 5.57. The van der Waals surface area contributed by atoms with Crippen molar-refractivity contribution in [2.75, 3.05) is 6.61 Å². The molecule has 0 unspecified atom stereocenters. The fourth-order valence-electron chi connectivity index (χ4n) is 2.96. The Morgan fingerprint density at radius 3 is 3.18 bits per heavy atom. The van der Waals surface area contributed by atoms with E-state index >= 15 is 0 Å². The Morgan fingerprint density at radius 2 is 2.36 bits per heavy atom. The molecule has 0 aromatic carbocycles. The minimum atomic E-state index is -0.124. The van der Waals surface area contributed by atoms with Gasteiger partial charge >= 0.3 is 0 Å². The lowest BCUT2D eigenvalue weighted by molar-refractivity contribution is 0.0778. The van der Waals surface area contributed by atoms with Gasteiger partial charge in [0.1, 0.15) is 24.4 Å². The Bertz CT molecular complexity index is 687. The van der Waals surface area contributed by atoms with Gasteiger partial charge < -0.3 is 19.1 Å². The van der Waals surface area contributed by atoms with Crippen molar-refractivity contribution in [1.82, 2.24) is 20.0 Å². The fraction of sp³-hybridized carbons (Fsp3) is 0.533. The normalized spacial score (nSPS) is 17.8. The Kier molecular flexibility index (Phi) is 3.42. The molecule has 3 heterocycles. The second-order valence-corrected chi connectivity index (χ2v) is 5.80. The number of nitrogens with zero attached hydrogens (tertiary/aromatic N) is 3. The summed E-state index contributed by atoms with van der Waals surface area (Å²) in [5, 5.41) is 7.03. The number of amides is 1. The maximum Gasteiger partial charge on any atom is 0.269 e. The first-order valence-electron chi connectivity index (χ1n) is 7.66. The first-order chi connectivity index (χ1) is 10.8. The van der Waals surface area contributed by atoms with Crippen molar-refractivity contribution in [1.29, 1.82) is 0 Å². The van der Waals surface area contributed by atoms with E-state index in [-0.39, 0.29) is 5.91 Å². The molecule has 2 aromatic heterocycles. The molecule has 0 spiro atoms. The summed E-state index contributed by atoms with van der Waals surface area (Å²) in [4.78, 5) is 16.6. The van der Waals surface area contributed by atoms with E-state index < -0.39 is 0 Å². The molecule has 22 heavy (non-hydrogen) atoms. The van der Waals surface area contributed by atoms with Gasteiger partial charge in [-0.25, -0.2) is 4.98 Å². The summed E-state index contributed by atoms with van der Waals surface area (Å²) in [6.45, 7) is 2.18. The van der Waals surface area contributed by atoms with Crippen LogP contribution in [0.4, 0.5) is 0 Å². The summed E-state index contributed by atoms with van der Waals surface area (Å²) in [5.74, 6) is 1.17. The Hall–Kier alpha value is -2.15. The lowest BCUT2D eigenvalue weighted by Crippen LogP contribution is -2.28. The van der Waals surface area contributed by atoms with Gasteiger partial charge in [0, 0.05) is 24.6 Å². The molecule has 0 radical (unpaired) electrons. The van der Waals surface area contributed by atoms with Crippen LogP contribution >= 0.6 is 0 Å². The van der Waals surface area contributed by atoms with Crippen LogP contribution in [0.2, 0.25) is 0 Å². The van der Waals surface area contributed by atoms with Crippen molar-refractivity contribution in [3.63, 3.8) is 0 Å². The number of fused-ring (bicyclic) bond motifs is 1. The number of carbonyl (C=O) groups excluding carboxylic acids is 1. The predicted molar refractivity (Wildman–Crippen MR) is 76.1 cm³/mol. The van der Waals surface area contributed by atoms with E-state index in [1.165, 1.54) is 6.42 Å². The maximum atomic E-state index is 12.4. The van der Waals surface area contributed by atoms with Gasteiger partial charge in [-0.2, -0.15) is 0 Å². The van der Waals surface area contributed by atoms with Crippen LogP contribution in [-0.2, 0) is 24.4 Å². The van der Waals surface area contributed by atoms with Crippen LogP contribution in [0.1, 0.15) is 52.8 Å². The Balaban J connectivity index is 1.44. The number of aromatic nitrogens is 3. The third-order valence-corrected chi connectivity index (χ3v) is 4.47. The molecular weight excluding hydrogens is 284 g/mol. The van der Waals surface area contributed by atoms with Gasteiger partial charge in [0.05, 0.1) is 18.5 Å². The molecule has 1 aliphatic heterocycles. The maximum absolute atomic E-state index is 12.4. The molecule has 116 valence electrons. The smallest absolute Gasteiger partial charge is 0.269 e. The average molecular weight is 302 g/mol. The van der Waals surface area contributed by atoms with Crippen LogP contribution in [0.25, 0.3) is 0 Å². The van der Waals surface area contributed by atoms with E-state index in [1.54, 1.807) is 12.5 Å². The molecule has 2 aliphatic rings. The largest absolute Gasteiger partial charge is 0.372 e. The number of imidazole rings is 1. The van der Waals surface area contributed by atoms with E-state index in [4.69, 9.17) is 9.26 Å². The number of hydrogen-bond acceptors (Lipinski definition) is 5. The number of ether oxygens (including phenoxy) is 1. The molecule has 1 N–H and O–H groups in total. The monoisotopic (exact) mass is 302 g/mol. The highest BCUT2D eigenvalue weighted by atomic mass is 16.5. The summed E-state index contributed by atoms with van der Waals surface area (Å²) in [6, 6.07) is 0. The van der Waals surface area contributed by atoms with Gasteiger partial charge in [-0.05, 0) is 12.8 Å². The lowest BCUT2D eigenvalue weighted by atomic mass is 9.81. The molecule has 1 saturated carbocycles. The number of nitrogens with one attached hydrogen (secondary N) is 1. The van der Waals surface area contributed by atoms with Gasteiger partial charge in [0.15, 0.2) is 0 Å². The fourth-order valence-corrected chi connectivity index (χ4v) is 2.96. The molecule has 0 bridgehead atoms.